The van der Waals surface area contributed by atoms with Gasteiger partial charge in [-0.1, -0.05) is 65.3 Å². The van der Waals surface area contributed by atoms with Crippen molar-refractivity contribution in [2.24, 2.45) is 0 Å². The summed E-state index contributed by atoms with van der Waals surface area (Å²) in [4.78, 5) is 36.4. The van der Waals surface area contributed by atoms with E-state index in [1.165, 1.54) is 4.90 Å². The highest BCUT2D eigenvalue weighted by Crippen LogP contribution is 2.39. The van der Waals surface area contributed by atoms with E-state index in [0.717, 1.165) is 21.1 Å². The molecule has 3 aromatic carbocycles. The van der Waals surface area contributed by atoms with Gasteiger partial charge in [-0.05, 0) is 41.5 Å². The SMILES string of the molecule is C[C@H](c1ccccc1)[C@@H](c1nc2ccc(Br)cc2[nH]1)N1C(=O)N[C@H](c2ccc(OCCO)cc2)C1=O. The van der Waals surface area contributed by atoms with Crippen LogP contribution in [0.5, 0.6) is 5.75 Å². The number of fused-ring (bicyclic) bond motifs is 1. The van der Waals surface area contributed by atoms with Crippen molar-refractivity contribution in [1.29, 1.82) is 0 Å². The fourth-order valence-corrected chi connectivity index (χ4v) is 4.93. The molecule has 184 valence electrons. The molecular formula is C27H25BrN4O4. The number of imidazole rings is 1. The van der Waals surface area contributed by atoms with Gasteiger partial charge < -0.3 is 20.1 Å². The molecule has 0 radical (unpaired) electrons. The second-order valence-electron chi connectivity index (χ2n) is 8.66. The second kappa shape index (κ2) is 10.1. The number of aromatic nitrogens is 2. The van der Waals surface area contributed by atoms with E-state index in [2.05, 4.69) is 26.2 Å². The molecule has 1 aliphatic heterocycles. The number of amides is 3. The smallest absolute Gasteiger partial charge is 0.325 e. The number of nitrogens with one attached hydrogen (secondary N) is 2. The first kappa shape index (κ1) is 24.0. The number of aliphatic hydroxyl groups is 1. The number of ether oxygens (including phenoxy) is 1. The van der Waals surface area contributed by atoms with Crippen molar-refractivity contribution in [2.45, 2.75) is 24.9 Å². The number of benzene rings is 3. The van der Waals surface area contributed by atoms with Crippen molar-refractivity contribution < 1.29 is 19.4 Å². The van der Waals surface area contributed by atoms with E-state index in [9.17, 15) is 9.59 Å². The zero-order valence-corrected chi connectivity index (χ0v) is 21.1. The molecule has 1 aliphatic rings. The van der Waals surface area contributed by atoms with E-state index in [-0.39, 0.29) is 25.0 Å². The van der Waals surface area contributed by atoms with Gasteiger partial charge >= 0.3 is 6.03 Å². The van der Waals surface area contributed by atoms with Gasteiger partial charge in [0.1, 0.15) is 30.3 Å². The fraction of sp³-hybridized carbons (Fsp3) is 0.222. The Morgan fingerprint density at radius 3 is 2.56 bits per heavy atom. The van der Waals surface area contributed by atoms with Crippen LogP contribution in [0.15, 0.2) is 77.3 Å². The number of aromatic amines is 1. The lowest BCUT2D eigenvalue weighted by atomic mass is 9.91. The van der Waals surface area contributed by atoms with Crippen LogP contribution in [0.4, 0.5) is 4.79 Å². The topological polar surface area (TPSA) is 108 Å². The largest absolute Gasteiger partial charge is 0.491 e. The zero-order chi connectivity index (χ0) is 25.2. The van der Waals surface area contributed by atoms with Crippen LogP contribution in [0, 0.1) is 0 Å². The van der Waals surface area contributed by atoms with E-state index in [0.29, 0.717) is 17.1 Å². The van der Waals surface area contributed by atoms with Crippen molar-refractivity contribution in [2.75, 3.05) is 13.2 Å². The first-order valence-electron chi connectivity index (χ1n) is 11.6. The summed E-state index contributed by atoms with van der Waals surface area (Å²) < 4.78 is 6.31. The molecule has 1 saturated heterocycles. The number of rotatable bonds is 8. The van der Waals surface area contributed by atoms with Gasteiger partial charge in [0.25, 0.3) is 5.91 Å². The molecule has 2 heterocycles. The number of imide groups is 1. The summed E-state index contributed by atoms with van der Waals surface area (Å²) in [5, 5.41) is 11.8. The minimum Gasteiger partial charge on any atom is -0.491 e. The second-order valence-corrected chi connectivity index (χ2v) is 9.58. The number of nitrogens with zero attached hydrogens (tertiary/aromatic N) is 2. The van der Waals surface area contributed by atoms with E-state index in [4.69, 9.17) is 14.8 Å². The molecule has 3 N–H and O–H groups in total. The molecule has 0 spiro atoms. The Morgan fingerprint density at radius 1 is 1.08 bits per heavy atom. The number of hydrogen-bond donors (Lipinski definition) is 3. The fourth-order valence-electron chi connectivity index (χ4n) is 4.57. The van der Waals surface area contributed by atoms with Crippen LogP contribution in [0.2, 0.25) is 0 Å². The van der Waals surface area contributed by atoms with Gasteiger partial charge in [-0.15, -0.1) is 0 Å². The van der Waals surface area contributed by atoms with Gasteiger partial charge in [-0.2, -0.15) is 0 Å². The molecule has 0 unspecified atom stereocenters. The normalized spacial score (nSPS) is 17.3. The summed E-state index contributed by atoms with van der Waals surface area (Å²) in [5.74, 6) is 0.540. The van der Waals surface area contributed by atoms with E-state index >= 15 is 0 Å². The minimum absolute atomic E-state index is 0.0897. The quantitative estimate of drug-likeness (QED) is 0.273. The van der Waals surface area contributed by atoms with Gasteiger partial charge in [0.15, 0.2) is 0 Å². The van der Waals surface area contributed by atoms with Crippen molar-refractivity contribution in [3.63, 3.8) is 0 Å². The molecule has 4 aromatic rings. The molecule has 9 heteroatoms. The molecule has 1 aromatic heterocycles. The maximum absolute atomic E-state index is 13.7. The number of urea groups is 1. The van der Waals surface area contributed by atoms with E-state index in [1.807, 2.05) is 55.5 Å². The third kappa shape index (κ3) is 4.59. The average Bonchev–Trinajstić information content (AvgIpc) is 3.44. The van der Waals surface area contributed by atoms with Gasteiger partial charge in [0, 0.05) is 10.4 Å². The highest BCUT2D eigenvalue weighted by atomic mass is 79.9. The van der Waals surface area contributed by atoms with E-state index in [1.54, 1.807) is 24.3 Å². The lowest BCUT2D eigenvalue weighted by Crippen LogP contribution is -2.38. The first-order valence-corrected chi connectivity index (χ1v) is 12.4. The third-order valence-corrected chi connectivity index (χ3v) is 6.86. The molecule has 5 rings (SSSR count). The summed E-state index contributed by atoms with van der Waals surface area (Å²) >= 11 is 3.48. The average molecular weight is 549 g/mol. The van der Waals surface area contributed by atoms with Gasteiger partial charge in [-0.3, -0.25) is 9.69 Å². The van der Waals surface area contributed by atoms with E-state index < -0.39 is 18.1 Å². The van der Waals surface area contributed by atoms with Crippen molar-refractivity contribution in [1.82, 2.24) is 20.2 Å². The standard InChI is InChI=1S/C27H25BrN4O4/c1-16(17-5-3-2-4-6-17)24(25-29-21-12-9-19(28)15-22(21)30-25)32-26(34)23(31-27(32)35)18-7-10-20(11-8-18)36-14-13-33/h2-12,15-16,23-24,33H,13-14H2,1H3,(H,29,30)(H,31,35)/t16-,23-,24+/m1/s1. The summed E-state index contributed by atoms with van der Waals surface area (Å²) in [7, 11) is 0. The highest BCUT2D eigenvalue weighted by Gasteiger charge is 2.46. The van der Waals surface area contributed by atoms with Crippen LogP contribution >= 0.6 is 15.9 Å². The summed E-state index contributed by atoms with van der Waals surface area (Å²) in [5.41, 5.74) is 3.19. The number of H-pyrrole nitrogens is 1. The summed E-state index contributed by atoms with van der Waals surface area (Å²) in [6.45, 7) is 2.08. The highest BCUT2D eigenvalue weighted by molar-refractivity contribution is 9.10. The van der Waals surface area contributed by atoms with Crippen molar-refractivity contribution in [3.8, 4) is 5.75 Å². The Kier molecular flexibility index (Phi) is 6.75. The van der Waals surface area contributed by atoms with Crippen LogP contribution in [0.3, 0.4) is 0 Å². The number of carbonyl (C=O) groups is 2. The minimum atomic E-state index is -0.826. The predicted octanol–water partition coefficient (Wildman–Crippen LogP) is 4.83. The number of hydrogen-bond acceptors (Lipinski definition) is 5. The van der Waals surface area contributed by atoms with Crippen molar-refractivity contribution in [3.05, 3.63) is 94.2 Å². The van der Waals surface area contributed by atoms with Crippen LogP contribution in [-0.2, 0) is 4.79 Å². The molecule has 0 aliphatic carbocycles. The van der Waals surface area contributed by atoms with Crippen molar-refractivity contribution >= 4 is 38.9 Å². The zero-order valence-electron chi connectivity index (χ0n) is 19.5. The molecule has 3 atom stereocenters. The molecule has 36 heavy (non-hydrogen) atoms. The Labute approximate surface area is 216 Å². The molecule has 0 saturated carbocycles. The summed E-state index contributed by atoms with van der Waals surface area (Å²) in [6.07, 6.45) is 0. The number of aliphatic hydroxyl groups excluding tert-OH is 1. The van der Waals surface area contributed by atoms with Crippen LogP contribution in [-0.4, -0.2) is 45.1 Å². The predicted molar refractivity (Wildman–Crippen MR) is 139 cm³/mol. The lowest BCUT2D eigenvalue weighted by Gasteiger charge is -2.29. The maximum atomic E-state index is 13.7. The Hall–Kier alpha value is -3.69. The Bertz CT molecular complexity index is 1390. The third-order valence-electron chi connectivity index (χ3n) is 6.36. The molecule has 0 bridgehead atoms. The summed E-state index contributed by atoms with van der Waals surface area (Å²) in [6, 6.07) is 20.5. The molecule has 8 nitrogen and oxygen atoms in total. The monoisotopic (exact) mass is 548 g/mol. The van der Waals surface area contributed by atoms with Gasteiger partial charge in [0.2, 0.25) is 0 Å². The Balaban J connectivity index is 1.51. The van der Waals surface area contributed by atoms with Crippen LogP contribution in [0.25, 0.3) is 11.0 Å². The number of halogens is 1. The maximum Gasteiger partial charge on any atom is 0.325 e. The number of carbonyl (C=O) groups excluding carboxylic acids is 2. The molecule has 1 fully saturated rings. The van der Waals surface area contributed by atoms with Crippen LogP contribution in [0.1, 0.15) is 41.9 Å². The van der Waals surface area contributed by atoms with Crippen LogP contribution < -0.4 is 10.1 Å². The molecule has 3 amide bonds. The van der Waals surface area contributed by atoms with Gasteiger partial charge in [0.05, 0.1) is 17.6 Å². The molecular weight excluding hydrogens is 524 g/mol. The Morgan fingerprint density at radius 2 is 1.83 bits per heavy atom. The first-order chi connectivity index (χ1) is 17.5. The lowest BCUT2D eigenvalue weighted by molar-refractivity contribution is -0.129. The van der Waals surface area contributed by atoms with Gasteiger partial charge in [-0.25, -0.2) is 9.78 Å².